The summed E-state index contributed by atoms with van der Waals surface area (Å²) in [5.74, 6) is 5.31. The Kier molecular flexibility index (Phi) is 7.01. The number of carbonyl (C=O) groups excluding carboxylic acids is 1. The van der Waals surface area contributed by atoms with Gasteiger partial charge in [0.05, 0.1) is 18.3 Å². The lowest BCUT2D eigenvalue weighted by Gasteiger charge is -2.15. The Hall–Kier alpha value is -2.85. The highest BCUT2D eigenvalue weighted by molar-refractivity contribution is 7.84. The smallest absolute Gasteiger partial charge is 0.333 e. The van der Waals surface area contributed by atoms with Crippen molar-refractivity contribution in [2.24, 2.45) is 11.1 Å². The molecule has 166 valence electrons. The van der Waals surface area contributed by atoms with Gasteiger partial charge in [-0.05, 0) is 32.8 Å². The summed E-state index contributed by atoms with van der Waals surface area (Å²) in [7, 11) is -4.08. The number of nitrogens with two attached hydrogens (primary N) is 1. The number of carbonyl (C=O) groups is 1. The summed E-state index contributed by atoms with van der Waals surface area (Å²) >= 11 is 0. The van der Waals surface area contributed by atoms with E-state index in [0.29, 0.717) is 18.7 Å². The number of ketones is 1. The largest absolute Gasteiger partial charge is 0.393 e. The van der Waals surface area contributed by atoms with Crippen LogP contribution < -0.4 is 10.5 Å². The van der Waals surface area contributed by atoms with Crippen LogP contribution >= 0.6 is 0 Å². The molecule has 0 radical (unpaired) electrons. The van der Waals surface area contributed by atoms with E-state index in [-0.39, 0.29) is 35.7 Å². The second-order valence-corrected chi connectivity index (χ2v) is 8.50. The average Bonchev–Trinajstić information content (AvgIpc) is 3.33. The molecular weight excluding hydrogens is 424 g/mol. The Morgan fingerprint density at radius 2 is 2.26 bits per heavy atom. The van der Waals surface area contributed by atoms with Gasteiger partial charge < -0.3 is 10.4 Å². The Morgan fingerprint density at radius 3 is 2.97 bits per heavy atom. The molecule has 4 atom stereocenters. The molecule has 1 saturated carbocycles. The van der Waals surface area contributed by atoms with Crippen molar-refractivity contribution in [3.8, 4) is 11.8 Å². The lowest BCUT2D eigenvalue weighted by molar-refractivity contribution is 0.101. The number of anilines is 1. The van der Waals surface area contributed by atoms with Crippen LogP contribution in [0.2, 0.25) is 0 Å². The molecule has 3 rings (SSSR count). The van der Waals surface area contributed by atoms with Gasteiger partial charge in [-0.25, -0.2) is 15.1 Å². The maximum atomic E-state index is 13.0. The highest BCUT2D eigenvalue weighted by Crippen LogP contribution is 2.30. The third-order valence-corrected chi connectivity index (χ3v) is 5.46. The summed E-state index contributed by atoms with van der Waals surface area (Å²) in [6.45, 7) is 3.39. The first-order valence-corrected chi connectivity index (χ1v) is 11.1. The van der Waals surface area contributed by atoms with Crippen molar-refractivity contribution in [2.75, 3.05) is 11.9 Å². The van der Waals surface area contributed by atoms with Gasteiger partial charge in [-0.2, -0.15) is 13.5 Å². The maximum absolute atomic E-state index is 13.0. The molecule has 4 N–H and O–H groups in total. The Morgan fingerprint density at radius 1 is 1.48 bits per heavy atom. The number of nitrogens with zero attached hydrogens (tertiary/aromatic N) is 4. The fourth-order valence-corrected chi connectivity index (χ4v) is 3.84. The number of hydrogen-bond donors (Lipinski definition) is 3. The molecule has 1 fully saturated rings. The van der Waals surface area contributed by atoms with E-state index in [1.165, 1.54) is 12.5 Å². The zero-order valence-electron chi connectivity index (χ0n) is 17.1. The molecule has 1 aliphatic rings. The molecule has 31 heavy (non-hydrogen) atoms. The normalized spacial score (nSPS) is 21.9. The third kappa shape index (κ3) is 5.86. The first-order chi connectivity index (χ1) is 14.7. The molecule has 0 aliphatic heterocycles. The van der Waals surface area contributed by atoms with Gasteiger partial charge in [-0.3, -0.25) is 13.7 Å². The van der Waals surface area contributed by atoms with Gasteiger partial charge in [-0.15, -0.1) is 5.92 Å². The van der Waals surface area contributed by atoms with E-state index < -0.39 is 22.3 Å². The van der Waals surface area contributed by atoms with Crippen LogP contribution in [0, 0.1) is 17.8 Å². The lowest BCUT2D eigenvalue weighted by Crippen LogP contribution is -2.24. The van der Waals surface area contributed by atoms with Gasteiger partial charge in [0.1, 0.15) is 23.9 Å². The predicted octanol–water partition coefficient (Wildman–Crippen LogP) is 0.260. The second-order valence-electron chi connectivity index (χ2n) is 7.28. The predicted molar refractivity (Wildman–Crippen MR) is 111 cm³/mol. The molecule has 0 aromatic carbocycles. The van der Waals surface area contributed by atoms with E-state index >= 15 is 0 Å². The minimum absolute atomic E-state index is 0.173. The van der Waals surface area contributed by atoms with Crippen LogP contribution in [0.1, 0.15) is 48.8 Å². The van der Waals surface area contributed by atoms with Gasteiger partial charge in [0.15, 0.2) is 0 Å². The van der Waals surface area contributed by atoms with Crippen molar-refractivity contribution in [1.29, 1.82) is 0 Å². The van der Waals surface area contributed by atoms with E-state index in [9.17, 15) is 18.3 Å². The topological polar surface area (TPSA) is 162 Å². The number of aromatic nitrogens is 4. The fraction of sp³-hybridized carbons (Fsp3) is 0.474. The zero-order chi connectivity index (χ0) is 22.6. The Bertz CT molecular complexity index is 1110. The number of rotatable bonds is 8. The van der Waals surface area contributed by atoms with E-state index in [1.807, 2.05) is 6.92 Å². The standard InChI is InChI=1S/C19H24N6O5S/c1-3-4-12(2)25-6-5-16(24-25)18(27)15-9-21-11-22-19(15)23-14-7-13(17(26)8-14)10-30-31(20,28)29/h5-6,9,11-14,17,26H,7-8,10H2,1-2H3,(H2,20,28,29)(H,21,22,23)/t12-,13-,14-,17+/m1/s1. The SMILES string of the molecule is CC#C[C@@H](C)n1ccc(C(=O)c2cncnc2N[C@@H]2C[C@H](COS(N)(=O)=O)[C@@H](O)C2)n1. The molecule has 1 aliphatic carbocycles. The van der Waals surface area contributed by atoms with Gasteiger partial charge in [0.25, 0.3) is 0 Å². The van der Waals surface area contributed by atoms with Crippen molar-refractivity contribution >= 4 is 21.9 Å². The number of nitrogens with one attached hydrogen (secondary N) is 1. The molecule has 0 saturated heterocycles. The van der Waals surface area contributed by atoms with Crippen molar-refractivity contribution in [3.63, 3.8) is 0 Å². The lowest BCUT2D eigenvalue weighted by atomic mass is 10.1. The summed E-state index contributed by atoms with van der Waals surface area (Å²) in [6.07, 6.45) is 4.36. The van der Waals surface area contributed by atoms with Gasteiger partial charge in [-0.1, -0.05) is 5.92 Å². The highest BCUT2D eigenvalue weighted by Gasteiger charge is 2.34. The van der Waals surface area contributed by atoms with Crippen molar-refractivity contribution < 1.29 is 22.5 Å². The van der Waals surface area contributed by atoms with Gasteiger partial charge in [0, 0.05) is 24.4 Å². The van der Waals surface area contributed by atoms with E-state index in [2.05, 4.69) is 36.4 Å². The highest BCUT2D eigenvalue weighted by atomic mass is 32.2. The molecule has 0 unspecified atom stereocenters. The molecule has 11 nitrogen and oxygen atoms in total. The summed E-state index contributed by atoms with van der Waals surface area (Å²) < 4.78 is 28.2. The Labute approximate surface area is 180 Å². The van der Waals surface area contributed by atoms with Crippen molar-refractivity contribution in [3.05, 3.63) is 36.0 Å². The minimum atomic E-state index is -4.08. The maximum Gasteiger partial charge on any atom is 0.333 e. The molecule has 2 aromatic rings. The summed E-state index contributed by atoms with van der Waals surface area (Å²) in [5, 5.41) is 22.5. The average molecular weight is 449 g/mol. The quantitative estimate of drug-likeness (QED) is 0.380. The Balaban J connectivity index is 1.72. The van der Waals surface area contributed by atoms with Crippen LogP contribution in [0.4, 0.5) is 5.82 Å². The van der Waals surface area contributed by atoms with Crippen molar-refractivity contribution in [1.82, 2.24) is 19.7 Å². The first kappa shape index (κ1) is 22.8. The monoisotopic (exact) mass is 448 g/mol. The molecule has 2 heterocycles. The first-order valence-electron chi connectivity index (χ1n) is 9.61. The van der Waals surface area contributed by atoms with Crippen LogP contribution in [0.5, 0.6) is 0 Å². The molecule has 0 bridgehead atoms. The minimum Gasteiger partial charge on any atom is -0.393 e. The molecule has 0 spiro atoms. The van der Waals surface area contributed by atoms with Crippen LogP contribution in [-0.2, 0) is 14.5 Å². The number of aliphatic hydroxyl groups excluding tert-OH is 1. The number of hydrogen-bond acceptors (Lipinski definition) is 9. The van der Waals surface area contributed by atoms with Crippen LogP contribution in [-0.4, -0.2) is 57.8 Å². The second kappa shape index (κ2) is 9.52. The molecule has 2 aromatic heterocycles. The van der Waals surface area contributed by atoms with Crippen LogP contribution in [0.15, 0.2) is 24.8 Å². The van der Waals surface area contributed by atoms with Gasteiger partial charge in [0.2, 0.25) is 5.78 Å². The molecular formula is C19H24N6O5S. The van der Waals surface area contributed by atoms with Gasteiger partial charge >= 0.3 is 10.3 Å². The fourth-order valence-electron chi connectivity index (χ4n) is 3.47. The summed E-state index contributed by atoms with van der Waals surface area (Å²) in [6, 6.07) is 1.18. The molecule has 0 amide bonds. The summed E-state index contributed by atoms with van der Waals surface area (Å²) in [4.78, 5) is 21.1. The van der Waals surface area contributed by atoms with E-state index in [1.54, 1.807) is 23.9 Å². The van der Waals surface area contributed by atoms with E-state index in [4.69, 9.17) is 5.14 Å². The van der Waals surface area contributed by atoms with E-state index in [0.717, 1.165) is 0 Å². The van der Waals surface area contributed by atoms with Crippen molar-refractivity contribution in [2.45, 2.75) is 44.9 Å². The summed E-state index contributed by atoms with van der Waals surface area (Å²) in [5.41, 5.74) is 0.467. The third-order valence-electron chi connectivity index (χ3n) is 4.99. The zero-order valence-corrected chi connectivity index (χ0v) is 17.9. The van der Waals surface area contributed by atoms with Crippen LogP contribution in [0.25, 0.3) is 0 Å². The number of aliphatic hydroxyl groups is 1. The molecule has 12 heteroatoms. The van der Waals surface area contributed by atoms with Crippen LogP contribution in [0.3, 0.4) is 0 Å².